The molecule has 1 atom stereocenters. The summed E-state index contributed by atoms with van der Waals surface area (Å²) in [4.78, 5) is 12.1. The van der Waals surface area contributed by atoms with Crippen LogP contribution in [0.25, 0.3) is 11.0 Å². The third-order valence-electron chi connectivity index (χ3n) is 3.04. The van der Waals surface area contributed by atoms with Crippen LogP contribution in [0.15, 0.2) is 34.9 Å². The fraction of sp³-hybridized carbons (Fsp3) is 0.400. The fourth-order valence-electron chi connectivity index (χ4n) is 2.20. The third-order valence-corrected chi connectivity index (χ3v) is 3.04. The molecule has 0 saturated heterocycles. The first-order chi connectivity index (χ1) is 9.08. The second-order valence-corrected chi connectivity index (χ2v) is 5.24. The molecular formula is C15H20N2O2. The maximum Gasteiger partial charge on any atom is 0.252 e. The highest BCUT2D eigenvalue weighted by Gasteiger charge is 2.13. The number of benzene rings is 1. The van der Waals surface area contributed by atoms with Crippen LogP contribution in [0.2, 0.25) is 0 Å². The van der Waals surface area contributed by atoms with E-state index in [4.69, 9.17) is 10.2 Å². The first-order valence-electron chi connectivity index (χ1n) is 6.58. The van der Waals surface area contributed by atoms with E-state index in [0.29, 0.717) is 18.0 Å². The van der Waals surface area contributed by atoms with Gasteiger partial charge in [-0.15, -0.1) is 0 Å². The van der Waals surface area contributed by atoms with Gasteiger partial charge in [-0.1, -0.05) is 19.9 Å². The molecule has 2 aromatic rings. The van der Waals surface area contributed by atoms with Gasteiger partial charge in [-0.05, 0) is 30.5 Å². The molecule has 3 N–H and O–H groups in total. The van der Waals surface area contributed by atoms with Gasteiger partial charge in [0.2, 0.25) is 0 Å². The van der Waals surface area contributed by atoms with Crippen LogP contribution in [0.1, 0.15) is 30.6 Å². The lowest BCUT2D eigenvalue weighted by atomic mass is 10.0. The number of rotatable bonds is 5. The molecule has 0 bridgehead atoms. The van der Waals surface area contributed by atoms with Gasteiger partial charge in [-0.3, -0.25) is 4.79 Å². The van der Waals surface area contributed by atoms with Gasteiger partial charge in [0.25, 0.3) is 5.91 Å². The number of nitrogens with two attached hydrogens (primary N) is 1. The summed E-state index contributed by atoms with van der Waals surface area (Å²) in [5.41, 5.74) is 7.31. The van der Waals surface area contributed by atoms with E-state index in [0.717, 1.165) is 17.4 Å². The molecule has 102 valence electrons. The summed E-state index contributed by atoms with van der Waals surface area (Å²) in [7, 11) is 0. The maximum atomic E-state index is 12.1. The average molecular weight is 260 g/mol. The molecule has 19 heavy (non-hydrogen) atoms. The fourth-order valence-corrected chi connectivity index (χ4v) is 2.20. The lowest BCUT2D eigenvalue weighted by Gasteiger charge is -2.15. The van der Waals surface area contributed by atoms with Gasteiger partial charge in [0.1, 0.15) is 5.58 Å². The lowest BCUT2D eigenvalue weighted by Crippen LogP contribution is -2.38. The quantitative estimate of drug-likeness (QED) is 0.868. The Balaban J connectivity index is 2.02. The van der Waals surface area contributed by atoms with Crippen LogP contribution in [-0.4, -0.2) is 18.5 Å². The second kappa shape index (κ2) is 5.89. The van der Waals surface area contributed by atoms with Crippen molar-refractivity contribution >= 4 is 16.9 Å². The molecule has 0 saturated carbocycles. The molecule has 1 aromatic heterocycles. The van der Waals surface area contributed by atoms with E-state index in [1.807, 2.05) is 12.1 Å². The third kappa shape index (κ3) is 3.35. The Morgan fingerprint density at radius 2 is 2.16 bits per heavy atom. The van der Waals surface area contributed by atoms with Crippen molar-refractivity contribution in [3.05, 3.63) is 36.1 Å². The van der Waals surface area contributed by atoms with Gasteiger partial charge in [-0.25, -0.2) is 0 Å². The van der Waals surface area contributed by atoms with E-state index in [-0.39, 0.29) is 11.9 Å². The topological polar surface area (TPSA) is 68.3 Å². The van der Waals surface area contributed by atoms with E-state index in [1.165, 1.54) is 0 Å². The minimum Gasteiger partial charge on any atom is -0.464 e. The van der Waals surface area contributed by atoms with Crippen molar-refractivity contribution in [2.24, 2.45) is 11.7 Å². The molecule has 0 aliphatic rings. The average Bonchev–Trinajstić information content (AvgIpc) is 2.83. The van der Waals surface area contributed by atoms with Gasteiger partial charge in [0.15, 0.2) is 0 Å². The summed E-state index contributed by atoms with van der Waals surface area (Å²) in [6.45, 7) is 4.73. The minimum absolute atomic E-state index is 0.00694. The highest BCUT2D eigenvalue weighted by molar-refractivity contribution is 6.05. The van der Waals surface area contributed by atoms with Crippen LogP contribution in [0.4, 0.5) is 0 Å². The van der Waals surface area contributed by atoms with Gasteiger partial charge in [0.05, 0.1) is 11.8 Å². The van der Waals surface area contributed by atoms with E-state index in [9.17, 15) is 4.79 Å². The van der Waals surface area contributed by atoms with Gasteiger partial charge in [-0.2, -0.15) is 0 Å². The summed E-state index contributed by atoms with van der Waals surface area (Å²) in [6.07, 6.45) is 2.49. The monoisotopic (exact) mass is 260 g/mol. The SMILES string of the molecule is CC(C)C[C@@H](N)CNC(=O)c1cccc2occc12. The molecule has 0 unspecified atom stereocenters. The highest BCUT2D eigenvalue weighted by atomic mass is 16.3. The van der Waals surface area contributed by atoms with Crippen molar-refractivity contribution < 1.29 is 9.21 Å². The van der Waals surface area contributed by atoms with Crippen molar-refractivity contribution in [1.82, 2.24) is 5.32 Å². The van der Waals surface area contributed by atoms with Gasteiger partial charge < -0.3 is 15.5 Å². The second-order valence-electron chi connectivity index (χ2n) is 5.24. The Labute approximate surface area is 113 Å². The molecule has 1 amide bonds. The van der Waals surface area contributed by atoms with Crippen LogP contribution in [-0.2, 0) is 0 Å². The normalized spacial score (nSPS) is 12.8. The van der Waals surface area contributed by atoms with Crippen LogP contribution in [0.5, 0.6) is 0 Å². The van der Waals surface area contributed by atoms with Gasteiger partial charge in [0, 0.05) is 18.0 Å². The van der Waals surface area contributed by atoms with E-state index in [1.54, 1.807) is 18.4 Å². The molecule has 1 heterocycles. The predicted octanol–water partition coefficient (Wildman–Crippen LogP) is 2.54. The number of hydrogen-bond acceptors (Lipinski definition) is 3. The van der Waals surface area contributed by atoms with Crippen molar-refractivity contribution in [2.75, 3.05) is 6.54 Å². The van der Waals surface area contributed by atoms with E-state index >= 15 is 0 Å². The largest absolute Gasteiger partial charge is 0.464 e. The molecule has 0 radical (unpaired) electrons. The molecule has 1 aromatic carbocycles. The van der Waals surface area contributed by atoms with Crippen LogP contribution < -0.4 is 11.1 Å². The molecule has 4 heteroatoms. The summed E-state index contributed by atoms with van der Waals surface area (Å²) in [5.74, 6) is 0.426. The van der Waals surface area contributed by atoms with Crippen molar-refractivity contribution in [3.8, 4) is 0 Å². The number of carbonyl (C=O) groups is 1. The first-order valence-corrected chi connectivity index (χ1v) is 6.58. The molecular weight excluding hydrogens is 240 g/mol. The summed E-state index contributed by atoms with van der Waals surface area (Å²) < 4.78 is 5.28. The zero-order valence-electron chi connectivity index (χ0n) is 11.3. The molecule has 4 nitrogen and oxygen atoms in total. The van der Waals surface area contributed by atoms with E-state index < -0.39 is 0 Å². The maximum absolute atomic E-state index is 12.1. The van der Waals surface area contributed by atoms with Crippen LogP contribution >= 0.6 is 0 Å². The first kappa shape index (κ1) is 13.6. The number of hydrogen-bond donors (Lipinski definition) is 2. The Morgan fingerprint density at radius 1 is 1.37 bits per heavy atom. The number of nitrogens with one attached hydrogen (secondary N) is 1. The van der Waals surface area contributed by atoms with Crippen molar-refractivity contribution in [2.45, 2.75) is 26.3 Å². The Bertz CT molecular complexity index is 560. The Hall–Kier alpha value is -1.81. The smallest absolute Gasteiger partial charge is 0.252 e. The van der Waals surface area contributed by atoms with Crippen LogP contribution in [0.3, 0.4) is 0 Å². The molecule has 0 aliphatic carbocycles. The number of carbonyl (C=O) groups excluding carboxylic acids is 1. The lowest BCUT2D eigenvalue weighted by molar-refractivity contribution is 0.0951. The summed E-state index contributed by atoms with van der Waals surface area (Å²) in [5, 5.41) is 3.71. The number of fused-ring (bicyclic) bond motifs is 1. The van der Waals surface area contributed by atoms with Gasteiger partial charge >= 0.3 is 0 Å². The van der Waals surface area contributed by atoms with Crippen LogP contribution in [0, 0.1) is 5.92 Å². The molecule has 0 spiro atoms. The Morgan fingerprint density at radius 3 is 2.89 bits per heavy atom. The van der Waals surface area contributed by atoms with Crippen molar-refractivity contribution in [3.63, 3.8) is 0 Å². The molecule has 0 aliphatic heterocycles. The zero-order chi connectivity index (χ0) is 13.8. The zero-order valence-corrected chi connectivity index (χ0v) is 11.3. The standard InChI is InChI=1S/C15H20N2O2/c1-10(2)8-11(16)9-17-15(18)13-4-3-5-14-12(13)6-7-19-14/h3-7,10-11H,8-9,16H2,1-2H3,(H,17,18)/t11-/m1/s1. The van der Waals surface area contributed by atoms with Crippen molar-refractivity contribution in [1.29, 1.82) is 0 Å². The minimum atomic E-state index is -0.105. The molecule has 2 rings (SSSR count). The number of amides is 1. The molecule has 0 fully saturated rings. The van der Waals surface area contributed by atoms with E-state index in [2.05, 4.69) is 19.2 Å². The summed E-state index contributed by atoms with van der Waals surface area (Å²) >= 11 is 0. The summed E-state index contributed by atoms with van der Waals surface area (Å²) in [6, 6.07) is 7.25. The number of furan rings is 1. The Kier molecular flexibility index (Phi) is 4.22. The highest BCUT2D eigenvalue weighted by Crippen LogP contribution is 2.19. The predicted molar refractivity (Wildman–Crippen MR) is 76.0 cm³/mol.